The van der Waals surface area contributed by atoms with E-state index in [2.05, 4.69) is 20.0 Å². The van der Waals surface area contributed by atoms with E-state index >= 15 is 0 Å². The summed E-state index contributed by atoms with van der Waals surface area (Å²) in [5.74, 6) is -0.324. The lowest BCUT2D eigenvalue weighted by Crippen LogP contribution is -2.27. The molecule has 0 radical (unpaired) electrons. The second kappa shape index (κ2) is 6.75. The van der Waals surface area contributed by atoms with Gasteiger partial charge in [-0.1, -0.05) is 6.07 Å². The molecule has 0 saturated heterocycles. The number of fused-ring (bicyclic) bond motifs is 1. The molecular weight excluding hydrogens is 371 g/mol. The molecule has 2 aromatic carbocycles. The van der Waals surface area contributed by atoms with Crippen molar-refractivity contribution in [2.75, 3.05) is 0 Å². The van der Waals surface area contributed by atoms with E-state index in [-0.39, 0.29) is 23.4 Å². The van der Waals surface area contributed by atoms with Gasteiger partial charge < -0.3 is 10.3 Å². The van der Waals surface area contributed by atoms with Crippen molar-refractivity contribution in [1.29, 1.82) is 0 Å². The Kier molecular flexibility index (Phi) is 4.40. The molecule has 27 heavy (non-hydrogen) atoms. The van der Waals surface area contributed by atoms with E-state index in [0.717, 1.165) is 12.8 Å². The predicted octanol–water partition coefficient (Wildman–Crippen LogP) is 2.07. The van der Waals surface area contributed by atoms with Crippen LogP contribution in [0, 0.1) is 5.82 Å². The zero-order chi connectivity index (χ0) is 19.0. The number of imidazole rings is 1. The molecule has 3 N–H and O–H groups in total. The molecule has 1 aliphatic carbocycles. The van der Waals surface area contributed by atoms with Crippen LogP contribution in [0.1, 0.15) is 29.0 Å². The van der Waals surface area contributed by atoms with Crippen molar-refractivity contribution in [2.45, 2.75) is 30.3 Å². The first kappa shape index (κ1) is 17.6. The second-order valence-electron chi connectivity index (χ2n) is 6.45. The summed E-state index contributed by atoms with van der Waals surface area (Å²) in [5.41, 5.74) is 1.33. The van der Waals surface area contributed by atoms with Gasteiger partial charge in [-0.2, -0.15) is 0 Å². The van der Waals surface area contributed by atoms with E-state index in [0.29, 0.717) is 22.4 Å². The minimum atomic E-state index is -3.84. The van der Waals surface area contributed by atoms with Crippen LogP contribution >= 0.6 is 0 Å². The number of rotatable bonds is 6. The molecule has 7 nitrogen and oxygen atoms in total. The number of amides is 1. The maximum atomic E-state index is 13.2. The summed E-state index contributed by atoms with van der Waals surface area (Å²) in [6, 6.07) is 10.1. The van der Waals surface area contributed by atoms with Crippen LogP contribution in [0.2, 0.25) is 0 Å². The molecule has 1 aromatic heterocycles. The normalized spacial score (nSPS) is 14.4. The van der Waals surface area contributed by atoms with E-state index in [1.54, 1.807) is 6.07 Å². The van der Waals surface area contributed by atoms with Gasteiger partial charge >= 0.3 is 0 Å². The third kappa shape index (κ3) is 3.99. The van der Waals surface area contributed by atoms with E-state index < -0.39 is 15.8 Å². The molecule has 0 atom stereocenters. The Morgan fingerprint density at radius 3 is 2.81 bits per heavy atom. The molecule has 1 fully saturated rings. The van der Waals surface area contributed by atoms with Gasteiger partial charge in [0.25, 0.3) is 5.91 Å². The standard InChI is InChI=1S/C18H17FN4O3S/c19-12-4-7-15-16(9-12)23-17(22-15)10-20-27(25,26)14-3-1-2-11(8-14)18(24)21-13-5-6-13/h1-4,7-9,13,20H,5-6,10H2,(H,21,24)(H,22,23). The average molecular weight is 388 g/mol. The van der Waals surface area contributed by atoms with Crippen LogP contribution in [0.25, 0.3) is 11.0 Å². The lowest BCUT2D eigenvalue weighted by atomic mass is 10.2. The minimum absolute atomic E-state index is 0.00639. The number of benzene rings is 2. The summed E-state index contributed by atoms with van der Waals surface area (Å²) in [5, 5.41) is 2.83. The summed E-state index contributed by atoms with van der Waals surface area (Å²) >= 11 is 0. The molecule has 1 amide bonds. The van der Waals surface area contributed by atoms with E-state index in [1.807, 2.05) is 0 Å². The number of hydrogen-bond acceptors (Lipinski definition) is 4. The highest BCUT2D eigenvalue weighted by molar-refractivity contribution is 7.89. The van der Waals surface area contributed by atoms with Crippen molar-refractivity contribution < 1.29 is 17.6 Å². The Labute approximate surface area is 155 Å². The fraction of sp³-hybridized carbons (Fsp3) is 0.222. The average Bonchev–Trinajstić information content (AvgIpc) is 3.37. The topological polar surface area (TPSA) is 104 Å². The van der Waals surface area contributed by atoms with Crippen LogP contribution in [0.3, 0.4) is 0 Å². The number of nitrogens with one attached hydrogen (secondary N) is 3. The Hall–Kier alpha value is -2.78. The van der Waals surface area contributed by atoms with Gasteiger partial charge in [0.05, 0.1) is 22.5 Å². The van der Waals surface area contributed by atoms with Crippen molar-refractivity contribution in [3.05, 3.63) is 59.7 Å². The smallest absolute Gasteiger partial charge is 0.251 e. The van der Waals surface area contributed by atoms with Gasteiger partial charge in [-0.25, -0.2) is 22.5 Å². The largest absolute Gasteiger partial charge is 0.349 e. The van der Waals surface area contributed by atoms with Gasteiger partial charge in [-0.3, -0.25) is 4.79 Å². The predicted molar refractivity (Wildman–Crippen MR) is 97.0 cm³/mol. The van der Waals surface area contributed by atoms with Crippen LogP contribution in [0.15, 0.2) is 47.4 Å². The fourth-order valence-corrected chi connectivity index (χ4v) is 3.70. The number of nitrogens with zero attached hydrogens (tertiary/aromatic N) is 1. The lowest BCUT2D eigenvalue weighted by molar-refractivity contribution is 0.0951. The summed E-state index contributed by atoms with van der Waals surface area (Å²) in [4.78, 5) is 19.2. The maximum absolute atomic E-state index is 13.2. The van der Waals surface area contributed by atoms with Crippen molar-refractivity contribution >= 4 is 27.0 Å². The molecule has 1 heterocycles. The summed E-state index contributed by atoms with van der Waals surface area (Å²) in [6.07, 6.45) is 1.90. The Morgan fingerprint density at radius 1 is 1.22 bits per heavy atom. The second-order valence-corrected chi connectivity index (χ2v) is 8.21. The van der Waals surface area contributed by atoms with Crippen molar-refractivity contribution in [3.8, 4) is 0 Å². The number of aromatic amines is 1. The highest BCUT2D eigenvalue weighted by Gasteiger charge is 2.24. The van der Waals surface area contributed by atoms with Gasteiger partial charge in [0.15, 0.2) is 0 Å². The van der Waals surface area contributed by atoms with Gasteiger partial charge in [0.2, 0.25) is 10.0 Å². The van der Waals surface area contributed by atoms with Crippen LogP contribution in [0.4, 0.5) is 4.39 Å². The van der Waals surface area contributed by atoms with Crippen LogP contribution in [0.5, 0.6) is 0 Å². The summed E-state index contributed by atoms with van der Waals surface area (Å²) in [7, 11) is -3.84. The monoisotopic (exact) mass is 388 g/mol. The zero-order valence-corrected chi connectivity index (χ0v) is 15.0. The molecule has 0 bridgehead atoms. The van der Waals surface area contributed by atoms with Crippen molar-refractivity contribution in [2.24, 2.45) is 0 Å². The Bertz CT molecular complexity index is 1120. The van der Waals surface area contributed by atoms with Gasteiger partial charge in [0.1, 0.15) is 11.6 Å². The van der Waals surface area contributed by atoms with Gasteiger partial charge in [-0.05, 0) is 49.2 Å². The summed E-state index contributed by atoms with van der Waals surface area (Å²) < 4.78 is 40.8. The lowest BCUT2D eigenvalue weighted by Gasteiger charge is -2.08. The van der Waals surface area contributed by atoms with Crippen molar-refractivity contribution in [3.63, 3.8) is 0 Å². The molecule has 9 heteroatoms. The molecule has 1 aliphatic rings. The molecular formula is C18H17FN4O3S. The first-order valence-corrected chi connectivity index (χ1v) is 9.94. The first-order valence-electron chi connectivity index (χ1n) is 8.45. The van der Waals surface area contributed by atoms with Crippen molar-refractivity contribution in [1.82, 2.24) is 20.0 Å². The SMILES string of the molecule is O=C(NC1CC1)c1cccc(S(=O)(=O)NCc2nc3ccc(F)cc3[nH]2)c1. The molecule has 0 aliphatic heterocycles. The highest BCUT2D eigenvalue weighted by atomic mass is 32.2. The minimum Gasteiger partial charge on any atom is -0.349 e. The van der Waals surface area contributed by atoms with Gasteiger partial charge in [0, 0.05) is 11.6 Å². The van der Waals surface area contributed by atoms with E-state index in [4.69, 9.17) is 0 Å². The maximum Gasteiger partial charge on any atom is 0.251 e. The molecule has 0 spiro atoms. The van der Waals surface area contributed by atoms with Crippen LogP contribution < -0.4 is 10.0 Å². The molecule has 4 rings (SSSR count). The van der Waals surface area contributed by atoms with E-state index in [1.165, 1.54) is 36.4 Å². The summed E-state index contributed by atoms with van der Waals surface area (Å²) in [6.45, 7) is -0.0862. The molecule has 0 unspecified atom stereocenters. The Balaban J connectivity index is 1.49. The number of halogens is 1. The number of H-pyrrole nitrogens is 1. The van der Waals surface area contributed by atoms with Gasteiger partial charge in [-0.15, -0.1) is 0 Å². The first-order chi connectivity index (χ1) is 12.9. The van der Waals surface area contributed by atoms with Crippen LogP contribution in [-0.4, -0.2) is 30.3 Å². The third-order valence-electron chi connectivity index (χ3n) is 4.24. The van der Waals surface area contributed by atoms with E-state index in [9.17, 15) is 17.6 Å². The number of aromatic nitrogens is 2. The molecule has 1 saturated carbocycles. The van der Waals surface area contributed by atoms with Crippen LogP contribution in [-0.2, 0) is 16.6 Å². The quantitative estimate of drug-likeness (QED) is 0.601. The number of carbonyl (C=O) groups is 1. The fourth-order valence-electron chi connectivity index (χ4n) is 2.67. The number of hydrogen-bond donors (Lipinski definition) is 3. The molecule has 3 aromatic rings. The zero-order valence-electron chi connectivity index (χ0n) is 14.2. The Morgan fingerprint density at radius 2 is 2.04 bits per heavy atom. The molecule has 140 valence electrons. The number of sulfonamides is 1. The third-order valence-corrected chi connectivity index (χ3v) is 5.64. The highest BCUT2D eigenvalue weighted by Crippen LogP contribution is 2.20. The number of carbonyl (C=O) groups excluding carboxylic acids is 1.